The third-order valence-electron chi connectivity index (χ3n) is 4.12. The van der Waals surface area contributed by atoms with Crippen LogP contribution in [0.5, 0.6) is 0 Å². The van der Waals surface area contributed by atoms with Crippen molar-refractivity contribution in [3.63, 3.8) is 0 Å². The Kier molecular flexibility index (Phi) is 4.19. The summed E-state index contributed by atoms with van der Waals surface area (Å²) in [6.45, 7) is 6.26. The van der Waals surface area contributed by atoms with E-state index in [-0.39, 0.29) is 12.2 Å². The first-order chi connectivity index (χ1) is 12.2. The van der Waals surface area contributed by atoms with Gasteiger partial charge in [-0.25, -0.2) is 14.6 Å². The standard InChI is InChI=1S/C17H20N6O2/c1-11-9-23(10-12(2)24-11)17-16(18-8-13-6-4-3-5-7-13)19-14-15(20-17)22-25-21-14/h3-7,11-12H,8-10H2,1-2H3,(H,18,19,21)/t11-,12+. The van der Waals surface area contributed by atoms with Crippen molar-refractivity contribution in [2.45, 2.75) is 32.6 Å². The van der Waals surface area contributed by atoms with Crippen LogP contribution in [0.25, 0.3) is 11.3 Å². The van der Waals surface area contributed by atoms with E-state index in [1.165, 1.54) is 0 Å². The normalized spacial score (nSPS) is 20.8. The Hall–Kier alpha value is -2.74. The van der Waals surface area contributed by atoms with Crippen LogP contribution in [0.3, 0.4) is 0 Å². The van der Waals surface area contributed by atoms with Gasteiger partial charge in [0.15, 0.2) is 11.6 Å². The van der Waals surface area contributed by atoms with Crippen LogP contribution in [-0.2, 0) is 11.3 Å². The fraction of sp³-hybridized carbons (Fsp3) is 0.412. The number of hydrogen-bond acceptors (Lipinski definition) is 8. The Morgan fingerprint density at radius 1 is 1.04 bits per heavy atom. The highest BCUT2D eigenvalue weighted by molar-refractivity contribution is 5.74. The second kappa shape index (κ2) is 6.64. The van der Waals surface area contributed by atoms with Crippen LogP contribution in [-0.4, -0.2) is 45.6 Å². The van der Waals surface area contributed by atoms with E-state index in [1.807, 2.05) is 18.2 Å². The van der Waals surface area contributed by atoms with E-state index in [0.29, 0.717) is 23.7 Å². The first-order valence-corrected chi connectivity index (χ1v) is 8.37. The summed E-state index contributed by atoms with van der Waals surface area (Å²) in [5.74, 6) is 1.43. The summed E-state index contributed by atoms with van der Waals surface area (Å²) in [5, 5.41) is 11.0. The van der Waals surface area contributed by atoms with Gasteiger partial charge in [-0.2, -0.15) is 0 Å². The van der Waals surface area contributed by atoms with Crippen molar-refractivity contribution in [3.05, 3.63) is 35.9 Å². The summed E-state index contributed by atoms with van der Waals surface area (Å²) in [6.07, 6.45) is 0.248. The molecule has 2 aromatic heterocycles. The molecule has 130 valence electrons. The van der Waals surface area contributed by atoms with E-state index >= 15 is 0 Å². The number of fused-ring (bicyclic) bond motifs is 1. The van der Waals surface area contributed by atoms with Gasteiger partial charge in [0.1, 0.15) is 0 Å². The molecule has 8 nitrogen and oxygen atoms in total. The molecule has 25 heavy (non-hydrogen) atoms. The average molecular weight is 340 g/mol. The zero-order valence-electron chi connectivity index (χ0n) is 14.2. The summed E-state index contributed by atoms with van der Waals surface area (Å²) < 4.78 is 10.6. The molecule has 1 aliphatic heterocycles. The maximum absolute atomic E-state index is 5.82. The minimum absolute atomic E-state index is 0.124. The molecule has 3 heterocycles. The molecule has 3 aromatic rings. The number of hydrogen-bond donors (Lipinski definition) is 1. The van der Waals surface area contributed by atoms with E-state index in [2.05, 4.69) is 56.5 Å². The van der Waals surface area contributed by atoms with Crippen LogP contribution in [0, 0.1) is 0 Å². The quantitative estimate of drug-likeness (QED) is 0.773. The van der Waals surface area contributed by atoms with Crippen LogP contribution < -0.4 is 10.2 Å². The maximum atomic E-state index is 5.82. The van der Waals surface area contributed by atoms with E-state index in [4.69, 9.17) is 9.37 Å². The topological polar surface area (TPSA) is 89.2 Å². The molecule has 1 N–H and O–H groups in total. The van der Waals surface area contributed by atoms with Gasteiger partial charge < -0.3 is 15.0 Å². The number of benzene rings is 1. The summed E-state index contributed by atoms with van der Waals surface area (Å²) >= 11 is 0. The molecule has 4 rings (SSSR count). The smallest absolute Gasteiger partial charge is 0.245 e. The van der Waals surface area contributed by atoms with E-state index in [1.54, 1.807) is 0 Å². The molecule has 0 radical (unpaired) electrons. The predicted octanol–water partition coefficient (Wildman–Crippen LogP) is 2.24. The van der Waals surface area contributed by atoms with Gasteiger partial charge in [0.05, 0.1) is 12.2 Å². The number of ether oxygens (including phenoxy) is 1. The third kappa shape index (κ3) is 3.39. The highest BCUT2D eigenvalue weighted by Gasteiger charge is 2.26. The van der Waals surface area contributed by atoms with E-state index < -0.39 is 0 Å². The number of nitrogens with zero attached hydrogens (tertiary/aromatic N) is 5. The molecular formula is C17H20N6O2. The molecule has 0 spiro atoms. The number of rotatable bonds is 4. The summed E-state index contributed by atoms with van der Waals surface area (Å²) in [6, 6.07) is 10.2. The van der Waals surface area contributed by atoms with Crippen molar-refractivity contribution in [1.29, 1.82) is 0 Å². The van der Waals surface area contributed by atoms with Gasteiger partial charge in [-0.1, -0.05) is 30.3 Å². The second-order valence-electron chi connectivity index (χ2n) is 6.31. The predicted molar refractivity (Wildman–Crippen MR) is 93.4 cm³/mol. The van der Waals surface area contributed by atoms with Crippen LogP contribution in [0.4, 0.5) is 11.6 Å². The summed E-state index contributed by atoms with van der Waals surface area (Å²) in [4.78, 5) is 11.3. The number of anilines is 2. The first kappa shape index (κ1) is 15.8. The van der Waals surface area contributed by atoms with Crippen molar-refractivity contribution in [2.75, 3.05) is 23.3 Å². The van der Waals surface area contributed by atoms with Gasteiger partial charge in [-0.15, -0.1) is 0 Å². The maximum Gasteiger partial charge on any atom is 0.245 e. The van der Waals surface area contributed by atoms with Crippen LogP contribution in [0.15, 0.2) is 35.0 Å². The highest BCUT2D eigenvalue weighted by Crippen LogP contribution is 2.27. The van der Waals surface area contributed by atoms with Gasteiger partial charge in [0, 0.05) is 19.6 Å². The van der Waals surface area contributed by atoms with Gasteiger partial charge in [-0.3, -0.25) is 0 Å². The minimum atomic E-state index is 0.124. The average Bonchev–Trinajstić information content (AvgIpc) is 3.06. The zero-order chi connectivity index (χ0) is 17.2. The van der Waals surface area contributed by atoms with Crippen molar-refractivity contribution in [3.8, 4) is 0 Å². The third-order valence-corrected chi connectivity index (χ3v) is 4.12. The van der Waals surface area contributed by atoms with Crippen molar-refractivity contribution in [2.24, 2.45) is 0 Å². The van der Waals surface area contributed by atoms with Gasteiger partial charge in [-0.05, 0) is 29.7 Å². The monoisotopic (exact) mass is 340 g/mol. The van der Waals surface area contributed by atoms with E-state index in [0.717, 1.165) is 24.5 Å². The summed E-state index contributed by atoms with van der Waals surface area (Å²) in [7, 11) is 0. The van der Waals surface area contributed by atoms with Crippen LogP contribution in [0.2, 0.25) is 0 Å². The Balaban J connectivity index is 1.66. The molecular weight excluding hydrogens is 320 g/mol. The van der Waals surface area contributed by atoms with Gasteiger partial charge in [0.25, 0.3) is 0 Å². The lowest BCUT2D eigenvalue weighted by atomic mass is 10.2. The lowest BCUT2D eigenvalue weighted by molar-refractivity contribution is -0.00541. The molecule has 0 unspecified atom stereocenters. The SMILES string of the molecule is C[C@@H]1CN(c2nc3nonc3nc2NCc2ccccc2)C[C@H](C)O1. The molecule has 0 saturated carbocycles. The lowest BCUT2D eigenvalue weighted by Gasteiger charge is -2.36. The van der Waals surface area contributed by atoms with Crippen LogP contribution >= 0.6 is 0 Å². The molecule has 0 bridgehead atoms. The molecule has 0 aliphatic carbocycles. The number of aromatic nitrogens is 4. The lowest BCUT2D eigenvalue weighted by Crippen LogP contribution is -2.46. The molecule has 0 amide bonds. The molecule has 1 aromatic carbocycles. The van der Waals surface area contributed by atoms with Crippen molar-refractivity contribution in [1.82, 2.24) is 20.3 Å². The Bertz CT molecular complexity index is 843. The number of nitrogens with one attached hydrogen (secondary N) is 1. The van der Waals surface area contributed by atoms with Crippen LogP contribution in [0.1, 0.15) is 19.4 Å². The van der Waals surface area contributed by atoms with Gasteiger partial charge in [0.2, 0.25) is 11.3 Å². The van der Waals surface area contributed by atoms with E-state index in [9.17, 15) is 0 Å². The highest BCUT2D eigenvalue weighted by atomic mass is 16.6. The Morgan fingerprint density at radius 3 is 2.44 bits per heavy atom. The fourth-order valence-electron chi connectivity index (χ4n) is 3.10. The Labute approximate surface area is 145 Å². The van der Waals surface area contributed by atoms with Crippen molar-refractivity contribution >= 4 is 22.9 Å². The molecule has 8 heteroatoms. The first-order valence-electron chi connectivity index (χ1n) is 8.37. The van der Waals surface area contributed by atoms with Crippen molar-refractivity contribution < 1.29 is 9.37 Å². The molecule has 1 aliphatic rings. The minimum Gasteiger partial charge on any atom is -0.372 e. The molecule has 1 fully saturated rings. The molecule has 1 saturated heterocycles. The second-order valence-corrected chi connectivity index (χ2v) is 6.31. The molecule has 2 atom stereocenters. The zero-order valence-corrected chi connectivity index (χ0v) is 14.2. The largest absolute Gasteiger partial charge is 0.372 e. The Morgan fingerprint density at radius 2 is 1.72 bits per heavy atom. The van der Waals surface area contributed by atoms with Gasteiger partial charge >= 0.3 is 0 Å². The summed E-state index contributed by atoms with van der Waals surface area (Å²) in [5.41, 5.74) is 1.97. The fourth-order valence-corrected chi connectivity index (χ4v) is 3.10. The number of morpholine rings is 1.